The summed E-state index contributed by atoms with van der Waals surface area (Å²) in [6, 6.07) is 17.6. The Morgan fingerprint density at radius 1 is 1.11 bits per heavy atom. The van der Waals surface area contributed by atoms with Gasteiger partial charge in [-0.1, -0.05) is 57.5 Å². The molecule has 1 amide bonds. The van der Waals surface area contributed by atoms with Crippen LogP contribution in [0.2, 0.25) is 0 Å². The molecular weight excluding hydrogens is 338 g/mol. The number of aromatic nitrogens is 2. The highest BCUT2D eigenvalue weighted by Crippen LogP contribution is 2.24. The first-order valence-corrected chi connectivity index (χ1v) is 9.29. The van der Waals surface area contributed by atoms with Crippen LogP contribution >= 0.6 is 0 Å². The van der Waals surface area contributed by atoms with Crippen molar-refractivity contribution in [1.82, 2.24) is 9.78 Å². The van der Waals surface area contributed by atoms with Crippen LogP contribution in [0.15, 0.2) is 60.8 Å². The molecule has 3 aromatic rings. The summed E-state index contributed by atoms with van der Waals surface area (Å²) >= 11 is 0. The highest BCUT2D eigenvalue weighted by atomic mass is 16.6. The van der Waals surface area contributed by atoms with Crippen molar-refractivity contribution in [3.05, 3.63) is 72.1 Å². The van der Waals surface area contributed by atoms with Crippen molar-refractivity contribution in [2.24, 2.45) is 0 Å². The van der Waals surface area contributed by atoms with E-state index < -0.39 is 6.09 Å². The van der Waals surface area contributed by atoms with Crippen molar-refractivity contribution in [3.63, 3.8) is 0 Å². The van der Waals surface area contributed by atoms with Gasteiger partial charge in [-0.3, -0.25) is 5.32 Å². The molecule has 0 aliphatic heterocycles. The fourth-order valence-electron chi connectivity index (χ4n) is 2.90. The largest absolute Gasteiger partial charge is 0.417 e. The first-order chi connectivity index (χ1) is 13.1. The molecule has 2 aromatic carbocycles. The second-order valence-corrected chi connectivity index (χ2v) is 6.74. The van der Waals surface area contributed by atoms with Gasteiger partial charge < -0.3 is 4.74 Å². The van der Waals surface area contributed by atoms with E-state index in [0.29, 0.717) is 17.4 Å². The zero-order valence-electron chi connectivity index (χ0n) is 16.0. The predicted octanol–water partition coefficient (Wildman–Crippen LogP) is 5.56. The van der Waals surface area contributed by atoms with Gasteiger partial charge in [-0.05, 0) is 42.2 Å². The summed E-state index contributed by atoms with van der Waals surface area (Å²) in [5.74, 6) is 0.934. The topological polar surface area (TPSA) is 56.1 Å². The van der Waals surface area contributed by atoms with E-state index in [9.17, 15) is 4.79 Å². The molecule has 0 aliphatic rings. The van der Waals surface area contributed by atoms with E-state index in [4.69, 9.17) is 4.74 Å². The van der Waals surface area contributed by atoms with Crippen LogP contribution in [0.4, 0.5) is 10.5 Å². The van der Waals surface area contributed by atoms with Gasteiger partial charge in [0.15, 0.2) is 5.75 Å². The minimum Gasteiger partial charge on any atom is -0.406 e. The Kier molecular flexibility index (Phi) is 5.91. The molecule has 5 heteroatoms. The SMILES string of the molecule is CCCc1c(OC(=O)Nc2ccc(C(C)C)cc2)cnn1-c1ccccc1. The van der Waals surface area contributed by atoms with Crippen LogP contribution in [0.3, 0.4) is 0 Å². The second-order valence-electron chi connectivity index (χ2n) is 6.74. The predicted molar refractivity (Wildman–Crippen MR) is 108 cm³/mol. The van der Waals surface area contributed by atoms with Crippen LogP contribution < -0.4 is 10.1 Å². The van der Waals surface area contributed by atoms with E-state index in [0.717, 1.165) is 24.2 Å². The lowest BCUT2D eigenvalue weighted by atomic mass is 10.0. The Morgan fingerprint density at radius 3 is 2.44 bits per heavy atom. The summed E-state index contributed by atoms with van der Waals surface area (Å²) < 4.78 is 7.37. The fourth-order valence-corrected chi connectivity index (χ4v) is 2.90. The quantitative estimate of drug-likeness (QED) is 0.624. The number of amides is 1. The molecule has 0 unspecified atom stereocenters. The maximum atomic E-state index is 12.3. The van der Waals surface area contributed by atoms with Crippen LogP contribution in [0.1, 0.15) is 44.4 Å². The summed E-state index contributed by atoms with van der Waals surface area (Å²) in [4.78, 5) is 12.3. The molecule has 0 aliphatic carbocycles. The van der Waals surface area contributed by atoms with Gasteiger partial charge in [0.05, 0.1) is 17.6 Å². The first kappa shape index (κ1) is 18.7. The average molecular weight is 363 g/mol. The standard InChI is InChI=1S/C22H25N3O2/c1-4-8-20-21(15-23-25(20)19-9-6-5-7-10-19)27-22(26)24-18-13-11-17(12-14-18)16(2)3/h5-7,9-16H,4,8H2,1-3H3,(H,24,26). The van der Waals surface area contributed by atoms with E-state index in [2.05, 4.69) is 31.2 Å². The minimum atomic E-state index is -0.516. The van der Waals surface area contributed by atoms with Crippen LogP contribution in [0.5, 0.6) is 5.75 Å². The molecule has 0 bridgehead atoms. The summed E-state index contributed by atoms with van der Waals surface area (Å²) in [6.07, 6.45) is 2.77. The lowest BCUT2D eigenvalue weighted by Crippen LogP contribution is -2.17. The molecule has 0 spiro atoms. The first-order valence-electron chi connectivity index (χ1n) is 9.29. The van der Waals surface area contributed by atoms with Gasteiger partial charge in [0, 0.05) is 5.69 Å². The van der Waals surface area contributed by atoms with Gasteiger partial charge in [0.1, 0.15) is 0 Å². The van der Waals surface area contributed by atoms with Gasteiger partial charge in [-0.2, -0.15) is 5.10 Å². The Labute approximate surface area is 160 Å². The van der Waals surface area contributed by atoms with Gasteiger partial charge in [0.2, 0.25) is 0 Å². The summed E-state index contributed by atoms with van der Waals surface area (Å²) in [5, 5.41) is 7.18. The van der Waals surface area contributed by atoms with Crippen molar-refractivity contribution < 1.29 is 9.53 Å². The van der Waals surface area contributed by atoms with E-state index >= 15 is 0 Å². The molecular formula is C22H25N3O2. The normalized spacial score (nSPS) is 10.8. The molecule has 1 heterocycles. The number of rotatable bonds is 6. The molecule has 3 rings (SSSR count). The number of benzene rings is 2. The van der Waals surface area contributed by atoms with E-state index in [1.165, 1.54) is 5.56 Å². The molecule has 0 saturated heterocycles. The average Bonchev–Trinajstić information content (AvgIpc) is 3.05. The van der Waals surface area contributed by atoms with Crippen molar-refractivity contribution >= 4 is 11.8 Å². The third-order valence-electron chi connectivity index (χ3n) is 4.34. The number of nitrogens with zero attached hydrogens (tertiary/aromatic N) is 2. The summed E-state index contributed by atoms with van der Waals surface area (Å²) in [5.41, 5.74) is 3.76. The third-order valence-corrected chi connectivity index (χ3v) is 4.34. The van der Waals surface area contributed by atoms with Gasteiger partial charge in [0.25, 0.3) is 0 Å². The van der Waals surface area contributed by atoms with Crippen molar-refractivity contribution in [2.75, 3.05) is 5.32 Å². The van der Waals surface area contributed by atoms with Gasteiger partial charge >= 0.3 is 6.09 Å². The second kappa shape index (κ2) is 8.54. The fraction of sp³-hybridized carbons (Fsp3) is 0.273. The van der Waals surface area contributed by atoms with E-state index in [-0.39, 0.29) is 0 Å². The monoisotopic (exact) mass is 363 g/mol. The number of hydrogen-bond acceptors (Lipinski definition) is 3. The number of nitrogens with one attached hydrogen (secondary N) is 1. The molecule has 0 radical (unpaired) electrons. The van der Waals surface area contributed by atoms with Crippen LogP contribution in [-0.2, 0) is 6.42 Å². The summed E-state index contributed by atoms with van der Waals surface area (Å²) in [6.45, 7) is 6.36. The zero-order chi connectivity index (χ0) is 19.2. The smallest absolute Gasteiger partial charge is 0.406 e. The number of ether oxygens (including phenoxy) is 1. The maximum absolute atomic E-state index is 12.3. The lowest BCUT2D eigenvalue weighted by molar-refractivity contribution is 0.214. The van der Waals surface area contributed by atoms with Crippen molar-refractivity contribution in [3.8, 4) is 11.4 Å². The van der Waals surface area contributed by atoms with Crippen molar-refractivity contribution in [2.45, 2.75) is 39.5 Å². The van der Waals surface area contributed by atoms with Gasteiger partial charge in [-0.25, -0.2) is 9.48 Å². The Hall–Kier alpha value is -3.08. The third kappa shape index (κ3) is 4.56. The Morgan fingerprint density at radius 2 is 1.81 bits per heavy atom. The zero-order valence-corrected chi connectivity index (χ0v) is 16.0. The number of para-hydroxylation sites is 1. The highest BCUT2D eigenvalue weighted by Gasteiger charge is 2.16. The van der Waals surface area contributed by atoms with Crippen LogP contribution in [0.25, 0.3) is 5.69 Å². The molecule has 5 nitrogen and oxygen atoms in total. The molecule has 140 valence electrons. The number of hydrogen-bond donors (Lipinski definition) is 1. The number of anilines is 1. The lowest BCUT2D eigenvalue weighted by Gasteiger charge is -2.10. The van der Waals surface area contributed by atoms with Crippen LogP contribution in [-0.4, -0.2) is 15.9 Å². The molecule has 0 fully saturated rings. The summed E-state index contributed by atoms with van der Waals surface area (Å²) in [7, 11) is 0. The van der Waals surface area contributed by atoms with E-state index in [1.54, 1.807) is 6.20 Å². The van der Waals surface area contributed by atoms with Crippen LogP contribution in [0, 0.1) is 0 Å². The number of carbonyl (C=O) groups excluding carboxylic acids is 1. The van der Waals surface area contributed by atoms with E-state index in [1.807, 2.05) is 59.3 Å². The molecule has 0 saturated carbocycles. The molecule has 1 aromatic heterocycles. The number of carbonyl (C=O) groups is 1. The minimum absolute atomic E-state index is 0.450. The molecule has 1 N–H and O–H groups in total. The van der Waals surface area contributed by atoms with Crippen molar-refractivity contribution in [1.29, 1.82) is 0 Å². The van der Waals surface area contributed by atoms with Gasteiger partial charge in [-0.15, -0.1) is 0 Å². The molecule has 27 heavy (non-hydrogen) atoms. The highest BCUT2D eigenvalue weighted by molar-refractivity contribution is 5.86. The Bertz CT molecular complexity index is 884. The molecule has 0 atom stereocenters. The maximum Gasteiger partial charge on any atom is 0.417 e. The Balaban J connectivity index is 1.74.